The number of nitrogens with one attached hydrogen (secondary N) is 1. The molecule has 3 rings (SSSR count). The Kier molecular flexibility index (Phi) is 4.68. The van der Waals surface area contributed by atoms with Crippen LogP contribution in [0, 0.1) is 6.92 Å². The highest BCUT2D eigenvalue weighted by molar-refractivity contribution is 6.33. The van der Waals surface area contributed by atoms with Gasteiger partial charge in [0.1, 0.15) is 5.15 Å². The van der Waals surface area contributed by atoms with Crippen molar-refractivity contribution >= 4 is 17.5 Å². The van der Waals surface area contributed by atoms with Gasteiger partial charge in [0.15, 0.2) is 0 Å². The fourth-order valence-electron chi connectivity index (χ4n) is 2.87. The molecule has 0 spiro atoms. The molecule has 1 aliphatic heterocycles. The summed E-state index contributed by atoms with van der Waals surface area (Å²) < 4.78 is 7.20. The van der Waals surface area contributed by atoms with Crippen LogP contribution < -0.4 is 5.32 Å². The van der Waals surface area contributed by atoms with Crippen molar-refractivity contribution in [3.05, 3.63) is 46.7 Å². The van der Waals surface area contributed by atoms with Crippen molar-refractivity contribution in [2.75, 3.05) is 6.61 Å². The van der Waals surface area contributed by atoms with Gasteiger partial charge in [-0.05, 0) is 38.8 Å². The predicted octanol–water partition coefficient (Wildman–Crippen LogP) is 3.13. The van der Waals surface area contributed by atoms with Crippen LogP contribution in [0.15, 0.2) is 30.3 Å². The number of hydrogen-bond acceptors (Lipinski definition) is 3. The molecule has 0 bridgehead atoms. The molecule has 1 fully saturated rings. The number of carbonyl (C=O) groups excluding carboxylic acids is 1. The van der Waals surface area contributed by atoms with Crippen LogP contribution in [0.2, 0.25) is 5.15 Å². The fraction of sp³-hybridized carbons (Fsp3) is 0.412. The summed E-state index contributed by atoms with van der Waals surface area (Å²) in [5.74, 6) is -0.210. The van der Waals surface area contributed by atoms with Crippen LogP contribution in [0.1, 0.15) is 35.8 Å². The van der Waals surface area contributed by atoms with Gasteiger partial charge in [-0.15, -0.1) is 0 Å². The molecule has 1 amide bonds. The number of benzene rings is 1. The highest BCUT2D eigenvalue weighted by atomic mass is 35.5. The third kappa shape index (κ3) is 3.26. The smallest absolute Gasteiger partial charge is 0.256 e. The Balaban J connectivity index is 1.82. The topological polar surface area (TPSA) is 56.2 Å². The Morgan fingerprint density at radius 3 is 2.83 bits per heavy atom. The van der Waals surface area contributed by atoms with Crippen molar-refractivity contribution < 1.29 is 9.53 Å². The van der Waals surface area contributed by atoms with Crippen LogP contribution >= 0.6 is 11.6 Å². The highest BCUT2D eigenvalue weighted by Gasteiger charge is 2.27. The SMILES string of the molecule is Cc1nn(-c2ccccc2)c(Cl)c1C(=O)N[C@H](C)[C@@H]1CCCO1. The Morgan fingerprint density at radius 1 is 1.43 bits per heavy atom. The van der Waals surface area contributed by atoms with Gasteiger partial charge in [-0.3, -0.25) is 4.79 Å². The molecule has 122 valence electrons. The lowest BCUT2D eigenvalue weighted by Crippen LogP contribution is -2.41. The Morgan fingerprint density at radius 2 is 2.17 bits per heavy atom. The van der Waals surface area contributed by atoms with E-state index in [9.17, 15) is 4.79 Å². The summed E-state index contributed by atoms with van der Waals surface area (Å²) in [6.07, 6.45) is 2.08. The van der Waals surface area contributed by atoms with Crippen molar-refractivity contribution in [1.29, 1.82) is 0 Å². The summed E-state index contributed by atoms with van der Waals surface area (Å²) in [5.41, 5.74) is 1.85. The first kappa shape index (κ1) is 16.0. The number of nitrogens with zero attached hydrogens (tertiary/aromatic N) is 2. The average Bonchev–Trinajstić information content (AvgIpc) is 3.16. The number of para-hydroxylation sites is 1. The summed E-state index contributed by atoms with van der Waals surface area (Å²) in [4.78, 5) is 12.6. The van der Waals surface area contributed by atoms with E-state index >= 15 is 0 Å². The van der Waals surface area contributed by atoms with Crippen LogP contribution in [-0.4, -0.2) is 34.4 Å². The number of ether oxygens (including phenoxy) is 1. The fourth-order valence-corrected chi connectivity index (χ4v) is 3.22. The summed E-state index contributed by atoms with van der Waals surface area (Å²) >= 11 is 6.41. The van der Waals surface area contributed by atoms with Gasteiger partial charge in [-0.1, -0.05) is 29.8 Å². The van der Waals surface area contributed by atoms with E-state index in [2.05, 4.69) is 10.4 Å². The minimum atomic E-state index is -0.210. The zero-order chi connectivity index (χ0) is 16.4. The van der Waals surface area contributed by atoms with Gasteiger partial charge >= 0.3 is 0 Å². The largest absolute Gasteiger partial charge is 0.376 e. The average molecular weight is 334 g/mol. The van der Waals surface area contributed by atoms with Crippen LogP contribution in [0.25, 0.3) is 5.69 Å². The van der Waals surface area contributed by atoms with E-state index < -0.39 is 0 Å². The Bertz CT molecular complexity index is 693. The van der Waals surface area contributed by atoms with Crippen LogP contribution in [0.3, 0.4) is 0 Å². The monoisotopic (exact) mass is 333 g/mol. The van der Waals surface area contributed by atoms with Gasteiger partial charge < -0.3 is 10.1 Å². The number of aryl methyl sites for hydroxylation is 1. The molecule has 2 heterocycles. The number of halogens is 1. The summed E-state index contributed by atoms with van der Waals surface area (Å²) in [7, 11) is 0. The Hall–Kier alpha value is -1.85. The van der Waals surface area contributed by atoms with Crippen LogP contribution in [0.5, 0.6) is 0 Å². The summed E-state index contributed by atoms with van der Waals surface area (Å²) in [6, 6.07) is 9.47. The zero-order valence-electron chi connectivity index (χ0n) is 13.3. The van der Waals surface area contributed by atoms with Gasteiger partial charge in [-0.2, -0.15) is 5.10 Å². The second-order valence-corrected chi connectivity index (χ2v) is 6.17. The molecule has 1 N–H and O–H groups in total. The molecule has 0 saturated carbocycles. The number of carbonyl (C=O) groups is 1. The summed E-state index contributed by atoms with van der Waals surface area (Å²) in [6.45, 7) is 4.51. The molecule has 2 aromatic rings. The van der Waals surface area contributed by atoms with Crippen molar-refractivity contribution in [2.24, 2.45) is 0 Å². The number of rotatable bonds is 4. The van der Waals surface area contributed by atoms with E-state index in [1.165, 1.54) is 0 Å². The van der Waals surface area contributed by atoms with Crippen molar-refractivity contribution in [2.45, 2.75) is 38.8 Å². The maximum absolute atomic E-state index is 12.6. The molecular formula is C17H20ClN3O2. The van der Waals surface area contributed by atoms with Crippen molar-refractivity contribution in [3.8, 4) is 5.69 Å². The van der Waals surface area contributed by atoms with Gasteiger partial charge in [-0.25, -0.2) is 4.68 Å². The molecule has 0 radical (unpaired) electrons. The molecule has 0 aliphatic carbocycles. The first-order chi connectivity index (χ1) is 11.1. The number of aromatic nitrogens is 2. The third-order valence-electron chi connectivity index (χ3n) is 4.11. The maximum atomic E-state index is 12.6. The van der Waals surface area contributed by atoms with Gasteiger partial charge in [0, 0.05) is 6.61 Å². The van der Waals surface area contributed by atoms with E-state index in [1.807, 2.05) is 37.3 Å². The first-order valence-electron chi connectivity index (χ1n) is 7.81. The lowest BCUT2D eigenvalue weighted by atomic mass is 10.1. The molecule has 0 unspecified atom stereocenters. The first-order valence-corrected chi connectivity index (χ1v) is 8.18. The van der Waals surface area contributed by atoms with E-state index in [-0.39, 0.29) is 18.1 Å². The minimum Gasteiger partial charge on any atom is -0.376 e. The molecule has 1 aliphatic rings. The summed E-state index contributed by atoms with van der Waals surface area (Å²) in [5, 5.41) is 7.71. The molecule has 5 nitrogen and oxygen atoms in total. The second kappa shape index (κ2) is 6.72. The predicted molar refractivity (Wildman–Crippen MR) is 89.2 cm³/mol. The molecule has 2 atom stereocenters. The van der Waals surface area contributed by atoms with Gasteiger partial charge in [0.2, 0.25) is 0 Å². The van der Waals surface area contributed by atoms with Gasteiger partial charge in [0.25, 0.3) is 5.91 Å². The third-order valence-corrected chi connectivity index (χ3v) is 4.46. The molecular weight excluding hydrogens is 314 g/mol. The molecule has 1 aromatic carbocycles. The lowest BCUT2D eigenvalue weighted by Gasteiger charge is -2.19. The van der Waals surface area contributed by atoms with Crippen molar-refractivity contribution in [1.82, 2.24) is 15.1 Å². The highest BCUT2D eigenvalue weighted by Crippen LogP contribution is 2.24. The van der Waals surface area contributed by atoms with E-state index in [0.717, 1.165) is 25.1 Å². The van der Waals surface area contributed by atoms with Gasteiger partial charge in [0.05, 0.1) is 29.1 Å². The number of amides is 1. The van der Waals surface area contributed by atoms with E-state index in [1.54, 1.807) is 11.6 Å². The second-order valence-electron chi connectivity index (χ2n) is 5.81. The van der Waals surface area contributed by atoms with E-state index in [0.29, 0.717) is 16.4 Å². The van der Waals surface area contributed by atoms with E-state index in [4.69, 9.17) is 16.3 Å². The lowest BCUT2D eigenvalue weighted by molar-refractivity contribution is 0.0712. The normalized spacial score (nSPS) is 18.8. The van der Waals surface area contributed by atoms with Crippen molar-refractivity contribution in [3.63, 3.8) is 0 Å². The minimum absolute atomic E-state index is 0.0551. The Labute approximate surface area is 140 Å². The van der Waals surface area contributed by atoms with Crippen LogP contribution in [0.4, 0.5) is 0 Å². The standard InChI is InChI=1S/C17H20ClN3O2/c1-11(14-9-6-10-23-14)19-17(22)15-12(2)20-21(16(15)18)13-7-4-3-5-8-13/h3-5,7-8,11,14H,6,9-10H2,1-2H3,(H,19,22)/t11-,14+/m1/s1. The maximum Gasteiger partial charge on any atom is 0.256 e. The van der Waals surface area contributed by atoms with Crippen LogP contribution in [-0.2, 0) is 4.74 Å². The quantitative estimate of drug-likeness (QED) is 0.935. The molecule has 6 heteroatoms. The molecule has 1 saturated heterocycles. The molecule has 23 heavy (non-hydrogen) atoms. The number of hydrogen-bond donors (Lipinski definition) is 1. The zero-order valence-corrected chi connectivity index (χ0v) is 14.0. The molecule has 1 aromatic heterocycles.